The number of amides is 2. The Hall–Kier alpha value is -2.27. The molecule has 0 aliphatic carbocycles. The summed E-state index contributed by atoms with van der Waals surface area (Å²) in [7, 11) is 0. The summed E-state index contributed by atoms with van der Waals surface area (Å²) < 4.78 is 0. The van der Waals surface area contributed by atoms with Crippen molar-refractivity contribution in [3.63, 3.8) is 0 Å². The first kappa shape index (κ1) is 16.6. The number of aryl methyl sites for hydroxylation is 1. The summed E-state index contributed by atoms with van der Waals surface area (Å²) >= 11 is 1.61. The van der Waals surface area contributed by atoms with Gasteiger partial charge in [0.25, 0.3) is 5.91 Å². The maximum atomic E-state index is 12.6. The van der Waals surface area contributed by atoms with E-state index < -0.39 is 6.04 Å². The van der Waals surface area contributed by atoms with Crippen LogP contribution < -0.4 is 5.32 Å². The van der Waals surface area contributed by atoms with Crippen molar-refractivity contribution in [2.75, 3.05) is 11.6 Å². The topological polar surface area (TPSA) is 49.4 Å². The molecule has 0 unspecified atom stereocenters. The first-order valence-electron chi connectivity index (χ1n) is 7.92. The Bertz CT molecular complexity index is 716. The first-order chi connectivity index (χ1) is 11.6. The Labute approximate surface area is 146 Å². The van der Waals surface area contributed by atoms with Gasteiger partial charge in [-0.05, 0) is 24.6 Å². The standard InChI is InChI=1S/C19H20N2O2S/c1-14-7-9-15(10-8-14)11-20-18(22)17-12-24-13-21(17)19(23)16-5-3-2-4-6-16/h2-10,17H,11-13H2,1H3,(H,20,22)/t17-/m1/s1. The van der Waals surface area contributed by atoms with Gasteiger partial charge in [0.05, 0.1) is 5.88 Å². The summed E-state index contributed by atoms with van der Waals surface area (Å²) in [6.45, 7) is 2.51. The van der Waals surface area contributed by atoms with E-state index in [0.29, 0.717) is 23.7 Å². The molecule has 5 heteroatoms. The van der Waals surface area contributed by atoms with Crippen LogP contribution in [0.3, 0.4) is 0 Å². The maximum absolute atomic E-state index is 12.6. The third kappa shape index (κ3) is 3.79. The lowest BCUT2D eigenvalue weighted by molar-refractivity contribution is -0.124. The lowest BCUT2D eigenvalue weighted by Gasteiger charge is -2.23. The van der Waals surface area contributed by atoms with E-state index in [-0.39, 0.29) is 11.8 Å². The molecule has 24 heavy (non-hydrogen) atoms. The smallest absolute Gasteiger partial charge is 0.255 e. The number of carbonyl (C=O) groups excluding carboxylic acids is 2. The molecule has 1 N–H and O–H groups in total. The van der Waals surface area contributed by atoms with E-state index in [1.54, 1.807) is 28.8 Å². The van der Waals surface area contributed by atoms with Gasteiger partial charge in [-0.2, -0.15) is 0 Å². The molecule has 1 fully saturated rings. The molecule has 2 amide bonds. The van der Waals surface area contributed by atoms with Gasteiger partial charge < -0.3 is 10.2 Å². The lowest BCUT2D eigenvalue weighted by Crippen LogP contribution is -2.47. The molecule has 4 nitrogen and oxygen atoms in total. The number of thioether (sulfide) groups is 1. The van der Waals surface area contributed by atoms with Crippen molar-refractivity contribution in [2.24, 2.45) is 0 Å². The van der Waals surface area contributed by atoms with Crippen LogP contribution in [0.15, 0.2) is 54.6 Å². The fourth-order valence-electron chi connectivity index (χ4n) is 2.62. The summed E-state index contributed by atoms with van der Waals surface area (Å²) in [4.78, 5) is 26.8. The highest BCUT2D eigenvalue weighted by Gasteiger charge is 2.34. The molecule has 3 rings (SSSR count). The third-order valence-electron chi connectivity index (χ3n) is 4.05. The SMILES string of the molecule is Cc1ccc(CNC(=O)[C@H]2CSCN2C(=O)c2ccccc2)cc1. The Kier molecular flexibility index (Phi) is 5.20. The summed E-state index contributed by atoms with van der Waals surface area (Å²) in [6.07, 6.45) is 0. The molecule has 2 aromatic rings. The maximum Gasteiger partial charge on any atom is 0.255 e. The fourth-order valence-corrected chi connectivity index (χ4v) is 3.77. The molecule has 1 atom stereocenters. The van der Waals surface area contributed by atoms with Crippen molar-refractivity contribution >= 4 is 23.6 Å². The second-order valence-electron chi connectivity index (χ2n) is 5.86. The van der Waals surface area contributed by atoms with E-state index in [9.17, 15) is 9.59 Å². The van der Waals surface area contributed by atoms with Gasteiger partial charge in [0.1, 0.15) is 6.04 Å². The molecule has 1 saturated heterocycles. The van der Waals surface area contributed by atoms with Crippen molar-refractivity contribution in [1.29, 1.82) is 0 Å². The molecule has 0 saturated carbocycles. The zero-order valence-corrected chi connectivity index (χ0v) is 14.4. The molecule has 2 aromatic carbocycles. The van der Waals surface area contributed by atoms with Crippen LogP contribution in [0.1, 0.15) is 21.5 Å². The van der Waals surface area contributed by atoms with Gasteiger partial charge in [0.15, 0.2) is 0 Å². The lowest BCUT2D eigenvalue weighted by atomic mass is 10.1. The third-order valence-corrected chi connectivity index (χ3v) is 5.07. The molecular formula is C19H20N2O2S. The number of benzene rings is 2. The highest BCUT2D eigenvalue weighted by atomic mass is 32.2. The second kappa shape index (κ2) is 7.53. The van der Waals surface area contributed by atoms with Crippen LogP contribution in [0.5, 0.6) is 0 Å². The number of nitrogens with one attached hydrogen (secondary N) is 1. The quantitative estimate of drug-likeness (QED) is 0.931. The zero-order chi connectivity index (χ0) is 16.9. The summed E-state index contributed by atoms with van der Waals surface area (Å²) in [5.41, 5.74) is 2.87. The van der Waals surface area contributed by atoms with Crippen molar-refractivity contribution in [3.8, 4) is 0 Å². The molecule has 0 spiro atoms. The van der Waals surface area contributed by atoms with E-state index in [1.807, 2.05) is 49.4 Å². The van der Waals surface area contributed by atoms with Crippen molar-refractivity contribution in [3.05, 3.63) is 71.3 Å². The molecule has 0 radical (unpaired) electrons. The minimum Gasteiger partial charge on any atom is -0.350 e. The normalized spacial score (nSPS) is 16.9. The summed E-state index contributed by atoms with van der Waals surface area (Å²) in [6, 6.07) is 16.8. The zero-order valence-electron chi connectivity index (χ0n) is 13.6. The van der Waals surface area contributed by atoms with E-state index >= 15 is 0 Å². The Morgan fingerprint density at radius 1 is 1.12 bits per heavy atom. The average molecular weight is 340 g/mol. The van der Waals surface area contributed by atoms with E-state index in [0.717, 1.165) is 5.56 Å². The molecular weight excluding hydrogens is 320 g/mol. The van der Waals surface area contributed by atoms with E-state index in [1.165, 1.54) is 5.56 Å². The summed E-state index contributed by atoms with van der Waals surface area (Å²) in [5, 5.41) is 2.95. The predicted octanol–water partition coefficient (Wildman–Crippen LogP) is 2.83. The van der Waals surface area contributed by atoms with Crippen LogP contribution in [0, 0.1) is 6.92 Å². The Morgan fingerprint density at radius 3 is 2.54 bits per heavy atom. The van der Waals surface area contributed by atoms with E-state index in [2.05, 4.69) is 5.32 Å². The van der Waals surface area contributed by atoms with Crippen LogP contribution in [0.4, 0.5) is 0 Å². The monoisotopic (exact) mass is 340 g/mol. The number of rotatable bonds is 4. The Morgan fingerprint density at radius 2 is 1.83 bits per heavy atom. The van der Waals surface area contributed by atoms with Crippen molar-refractivity contribution in [1.82, 2.24) is 10.2 Å². The summed E-state index contributed by atoms with van der Waals surface area (Å²) in [5.74, 6) is 1.01. The van der Waals surface area contributed by atoms with Gasteiger partial charge in [0.2, 0.25) is 5.91 Å². The average Bonchev–Trinajstić information content (AvgIpc) is 3.11. The van der Waals surface area contributed by atoms with E-state index in [4.69, 9.17) is 0 Å². The van der Waals surface area contributed by atoms with Crippen molar-refractivity contribution < 1.29 is 9.59 Å². The van der Waals surface area contributed by atoms with Crippen molar-refractivity contribution in [2.45, 2.75) is 19.5 Å². The van der Waals surface area contributed by atoms with Gasteiger partial charge in [-0.3, -0.25) is 9.59 Å². The fraction of sp³-hybridized carbons (Fsp3) is 0.263. The molecule has 124 valence electrons. The van der Waals surface area contributed by atoms with Crippen LogP contribution in [-0.2, 0) is 11.3 Å². The second-order valence-corrected chi connectivity index (χ2v) is 6.86. The highest BCUT2D eigenvalue weighted by Crippen LogP contribution is 2.23. The van der Waals surface area contributed by atoms with Crippen LogP contribution in [0.2, 0.25) is 0 Å². The minimum absolute atomic E-state index is 0.0870. The number of hydrogen-bond donors (Lipinski definition) is 1. The molecule has 0 aromatic heterocycles. The molecule has 1 heterocycles. The predicted molar refractivity (Wildman–Crippen MR) is 96.8 cm³/mol. The number of nitrogens with zero attached hydrogens (tertiary/aromatic N) is 1. The molecule has 1 aliphatic rings. The Balaban J connectivity index is 1.63. The van der Waals surface area contributed by atoms with Crippen LogP contribution >= 0.6 is 11.8 Å². The molecule has 0 bridgehead atoms. The molecule has 1 aliphatic heterocycles. The van der Waals surface area contributed by atoms with Crippen LogP contribution in [0.25, 0.3) is 0 Å². The van der Waals surface area contributed by atoms with Gasteiger partial charge in [-0.25, -0.2) is 0 Å². The number of hydrogen-bond acceptors (Lipinski definition) is 3. The minimum atomic E-state index is -0.409. The first-order valence-corrected chi connectivity index (χ1v) is 9.07. The van der Waals surface area contributed by atoms with Crippen LogP contribution in [-0.4, -0.2) is 34.4 Å². The largest absolute Gasteiger partial charge is 0.350 e. The van der Waals surface area contributed by atoms with Gasteiger partial charge >= 0.3 is 0 Å². The van der Waals surface area contributed by atoms with Gasteiger partial charge in [-0.1, -0.05) is 48.0 Å². The number of carbonyl (C=O) groups is 2. The van der Waals surface area contributed by atoms with Gasteiger partial charge in [0, 0.05) is 17.9 Å². The highest BCUT2D eigenvalue weighted by molar-refractivity contribution is 7.99. The van der Waals surface area contributed by atoms with Gasteiger partial charge in [-0.15, -0.1) is 11.8 Å².